The number of hydrogen-bond donors (Lipinski definition) is 1. The van der Waals surface area contributed by atoms with Crippen molar-refractivity contribution in [2.75, 3.05) is 20.1 Å². The molecule has 3 aliphatic heterocycles. The normalized spacial score (nSPS) is 27.8. The third-order valence-corrected chi connectivity index (χ3v) is 10.9. The first-order valence-corrected chi connectivity index (χ1v) is 15.7. The Morgan fingerprint density at radius 2 is 1.73 bits per heavy atom. The minimum Gasteiger partial charge on any atom is -0.341 e. The third kappa shape index (κ3) is 6.53. The van der Waals surface area contributed by atoms with Crippen molar-refractivity contribution >= 4 is 29.9 Å². The maximum atomic E-state index is 14.2. The summed E-state index contributed by atoms with van der Waals surface area (Å²) in [5.74, 6) is 0.986. The molecule has 4 heterocycles. The van der Waals surface area contributed by atoms with Crippen LogP contribution in [0, 0.1) is 11.3 Å². The van der Waals surface area contributed by atoms with Crippen LogP contribution in [-0.4, -0.2) is 74.8 Å². The van der Waals surface area contributed by atoms with E-state index in [4.69, 9.17) is 11.6 Å². The molecule has 220 valence electrons. The molecular weight excluding hydrogens is 543 g/mol. The highest BCUT2D eigenvalue weighted by atomic mass is 35.5. The Morgan fingerprint density at radius 1 is 1.05 bits per heavy atom. The molecule has 0 radical (unpaired) electrons. The average Bonchev–Trinajstić information content (AvgIpc) is 3.53. The Labute approximate surface area is 250 Å². The van der Waals surface area contributed by atoms with Gasteiger partial charge in [0.05, 0.1) is 6.04 Å². The molecule has 1 aliphatic carbocycles. The van der Waals surface area contributed by atoms with Crippen molar-refractivity contribution < 1.29 is 4.79 Å². The predicted molar refractivity (Wildman–Crippen MR) is 162 cm³/mol. The van der Waals surface area contributed by atoms with Crippen LogP contribution in [0.5, 0.6) is 0 Å². The van der Waals surface area contributed by atoms with Crippen molar-refractivity contribution in [2.24, 2.45) is 11.3 Å². The van der Waals surface area contributed by atoms with Crippen molar-refractivity contribution in [3.8, 4) is 0 Å². The molecule has 9 heteroatoms. The molecular formula is C31H46Cl2N6O. The van der Waals surface area contributed by atoms with E-state index >= 15 is 0 Å². The van der Waals surface area contributed by atoms with Crippen LogP contribution in [0.2, 0.25) is 5.02 Å². The number of likely N-dealkylation sites (tertiary alicyclic amines) is 1. The number of carbonyl (C=O) groups is 1. The van der Waals surface area contributed by atoms with E-state index in [1.807, 2.05) is 23.1 Å². The molecule has 1 N–H and O–H groups in total. The Kier molecular flexibility index (Phi) is 9.76. The highest BCUT2D eigenvalue weighted by molar-refractivity contribution is 6.30. The zero-order chi connectivity index (χ0) is 26.8. The first-order valence-electron chi connectivity index (χ1n) is 15.3. The summed E-state index contributed by atoms with van der Waals surface area (Å²) in [5.41, 5.74) is 1.37. The van der Waals surface area contributed by atoms with E-state index in [9.17, 15) is 4.79 Å². The van der Waals surface area contributed by atoms with Crippen LogP contribution in [-0.2, 0) is 17.8 Å². The van der Waals surface area contributed by atoms with Crippen molar-refractivity contribution in [1.82, 2.24) is 29.9 Å². The van der Waals surface area contributed by atoms with Crippen LogP contribution in [0.15, 0.2) is 36.9 Å². The van der Waals surface area contributed by atoms with Crippen molar-refractivity contribution in [3.63, 3.8) is 0 Å². The zero-order valence-corrected chi connectivity index (χ0v) is 25.5. The number of fused-ring (bicyclic) bond motifs is 2. The predicted octanol–water partition coefficient (Wildman–Crippen LogP) is 5.37. The quantitative estimate of drug-likeness (QED) is 0.449. The lowest BCUT2D eigenvalue weighted by atomic mass is 9.63. The molecule has 2 unspecified atom stereocenters. The maximum Gasteiger partial charge on any atom is 0.240 e. The summed E-state index contributed by atoms with van der Waals surface area (Å²) in [6, 6.07) is 9.53. The van der Waals surface area contributed by atoms with Gasteiger partial charge in [-0.05, 0) is 93.9 Å². The molecule has 6 rings (SSSR count). The lowest BCUT2D eigenvalue weighted by molar-refractivity contribution is -0.137. The number of amides is 1. The van der Waals surface area contributed by atoms with Gasteiger partial charge in [0.2, 0.25) is 5.91 Å². The maximum absolute atomic E-state index is 14.2. The van der Waals surface area contributed by atoms with Crippen molar-refractivity contribution in [2.45, 2.75) is 108 Å². The van der Waals surface area contributed by atoms with Gasteiger partial charge in [0, 0.05) is 42.8 Å². The van der Waals surface area contributed by atoms with Gasteiger partial charge >= 0.3 is 0 Å². The van der Waals surface area contributed by atoms with Crippen LogP contribution >= 0.6 is 24.0 Å². The van der Waals surface area contributed by atoms with Crippen LogP contribution in [0.1, 0.15) is 76.2 Å². The molecule has 3 atom stereocenters. The molecule has 1 aromatic carbocycles. The second kappa shape index (κ2) is 13.1. The van der Waals surface area contributed by atoms with Gasteiger partial charge < -0.3 is 15.1 Å². The van der Waals surface area contributed by atoms with Crippen molar-refractivity contribution in [3.05, 3.63) is 47.5 Å². The summed E-state index contributed by atoms with van der Waals surface area (Å²) >= 11 is 6.18. The standard InChI is InChI=1S/C31H45ClN6O.ClH/c1-36-27-11-12-28(36)19-26(18-27)35-29(17-23-7-9-25(32)10-8-23)30(39)37-15-13-31(14-16-37,20-38-22-33-21-34-38)24-5-3-2-4-6-24;/h7-10,21-22,24,26-29,35H,2-6,11-20H2,1H3;1H/t26?,27?,28?,29-;/m1./s1. The summed E-state index contributed by atoms with van der Waals surface area (Å²) in [6.45, 7) is 2.59. The molecule has 1 saturated carbocycles. The first kappa shape index (κ1) is 29.8. The highest BCUT2D eigenvalue weighted by Crippen LogP contribution is 2.47. The molecule has 2 bridgehead atoms. The molecule has 1 amide bonds. The van der Waals surface area contributed by atoms with Gasteiger partial charge in [-0.1, -0.05) is 43.0 Å². The lowest BCUT2D eigenvalue weighted by Crippen LogP contribution is -2.57. The van der Waals surface area contributed by atoms with E-state index in [2.05, 4.69) is 44.4 Å². The molecule has 40 heavy (non-hydrogen) atoms. The molecule has 4 fully saturated rings. The lowest BCUT2D eigenvalue weighted by Gasteiger charge is -2.48. The summed E-state index contributed by atoms with van der Waals surface area (Å²) in [5, 5.41) is 9.10. The molecule has 1 aromatic heterocycles. The van der Waals surface area contributed by atoms with E-state index in [1.165, 1.54) is 50.5 Å². The number of aromatic nitrogens is 3. The number of piperidine rings is 2. The summed E-state index contributed by atoms with van der Waals surface area (Å²) in [7, 11) is 2.28. The SMILES string of the molecule is CN1C2CCC1CC(N[C@H](Cc1ccc(Cl)cc1)C(=O)N1CCC(Cn3cncn3)(C3CCCCC3)CC1)C2.Cl. The number of nitrogens with one attached hydrogen (secondary N) is 1. The fourth-order valence-electron chi connectivity index (χ4n) is 8.35. The summed E-state index contributed by atoms with van der Waals surface area (Å²) in [6.07, 6.45) is 17.8. The van der Waals surface area contributed by atoms with Gasteiger partial charge in [0.1, 0.15) is 12.7 Å². The van der Waals surface area contributed by atoms with Crippen LogP contribution in [0.25, 0.3) is 0 Å². The molecule has 0 spiro atoms. The number of halogens is 2. The van der Waals surface area contributed by atoms with Gasteiger partial charge in [-0.3, -0.25) is 9.48 Å². The second-order valence-corrected chi connectivity index (χ2v) is 13.3. The second-order valence-electron chi connectivity index (χ2n) is 12.9. The fraction of sp³-hybridized carbons (Fsp3) is 0.710. The van der Waals surface area contributed by atoms with Crippen LogP contribution in [0.4, 0.5) is 0 Å². The molecule has 3 saturated heterocycles. The fourth-order valence-corrected chi connectivity index (χ4v) is 8.47. The number of hydrogen-bond acceptors (Lipinski definition) is 5. The summed E-state index contributed by atoms with van der Waals surface area (Å²) < 4.78 is 2.03. The molecule has 2 aromatic rings. The Bertz CT molecular complexity index is 1070. The molecule has 4 aliphatic rings. The van der Waals surface area contributed by atoms with Crippen molar-refractivity contribution in [1.29, 1.82) is 0 Å². The number of benzene rings is 1. The summed E-state index contributed by atoms with van der Waals surface area (Å²) in [4.78, 5) is 23.1. The van der Waals surface area contributed by atoms with Gasteiger partial charge in [-0.25, -0.2) is 4.98 Å². The van der Waals surface area contributed by atoms with Crippen LogP contribution in [0.3, 0.4) is 0 Å². The Morgan fingerprint density at radius 3 is 2.35 bits per heavy atom. The highest BCUT2D eigenvalue weighted by Gasteiger charge is 2.44. The number of rotatable bonds is 8. The smallest absolute Gasteiger partial charge is 0.240 e. The van der Waals surface area contributed by atoms with E-state index in [-0.39, 0.29) is 29.8 Å². The number of nitrogens with zero attached hydrogens (tertiary/aromatic N) is 5. The average molecular weight is 590 g/mol. The third-order valence-electron chi connectivity index (χ3n) is 10.7. The first-order chi connectivity index (χ1) is 19.0. The van der Waals surface area contributed by atoms with E-state index in [0.717, 1.165) is 50.3 Å². The Balaban J connectivity index is 0.00000323. The van der Waals surface area contributed by atoms with E-state index in [1.54, 1.807) is 6.33 Å². The van der Waals surface area contributed by atoms with Crippen LogP contribution < -0.4 is 5.32 Å². The zero-order valence-electron chi connectivity index (χ0n) is 23.9. The van der Waals surface area contributed by atoms with Gasteiger partial charge in [-0.2, -0.15) is 5.10 Å². The Hall–Kier alpha value is -1.67. The largest absolute Gasteiger partial charge is 0.341 e. The van der Waals surface area contributed by atoms with E-state index < -0.39 is 0 Å². The van der Waals surface area contributed by atoms with Gasteiger partial charge in [0.25, 0.3) is 0 Å². The minimum absolute atomic E-state index is 0. The molecule has 7 nitrogen and oxygen atoms in total. The monoisotopic (exact) mass is 588 g/mol. The van der Waals surface area contributed by atoms with Gasteiger partial charge in [0.15, 0.2) is 0 Å². The number of carbonyl (C=O) groups excluding carboxylic acids is 1. The topological polar surface area (TPSA) is 66.3 Å². The van der Waals surface area contributed by atoms with Gasteiger partial charge in [-0.15, -0.1) is 12.4 Å². The van der Waals surface area contributed by atoms with E-state index in [0.29, 0.717) is 30.5 Å². The minimum atomic E-state index is -0.198.